The van der Waals surface area contributed by atoms with E-state index in [2.05, 4.69) is 5.32 Å². The van der Waals surface area contributed by atoms with E-state index in [9.17, 15) is 4.79 Å². The highest BCUT2D eigenvalue weighted by molar-refractivity contribution is 5.68. The van der Waals surface area contributed by atoms with Gasteiger partial charge in [-0.1, -0.05) is 0 Å². The minimum absolute atomic E-state index is 0.239. The number of nitrogens with two attached hydrogens (primary N) is 1. The molecule has 6 heteroatoms. The summed E-state index contributed by atoms with van der Waals surface area (Å²) < 4.78 is 10.4. The summed E-state index contributed by atoms with van der Waals surface area (Å²) in [6.45, 7) is 10.4. The Balaban J connectivity index is 4.25. The van der Waals surface area contributed by atoms with Crippen LogP contribution in [0.15, 0.2) is 0 Å². The molecule has 1 atom stereocenters. The van der Waals surface area contributed by atoms with Crippen molar-refractivity contribution in [3.05, 3.63) is 0 Å². The maximum Gasteiger partial charge on any atom is 0.410 e. The quantitative estimate of drug-likeness (QED) is 0.685. The fourth-order valence-corrected chi connectivity index (χ4v) is 1.35. The number of nitrogens with zero attached hydrogens (tertiary/aromatic N) is 1. The number of hydrogen-bond donors (Lipinski definition) is 2. The number of hydrogen-bond acceptors (Lipinski definition) is 5. The van der Waals surface area contributed by atoms with Gasteiger partial charge in [0.25, 0.3) is 0 Å². The third-order valence-corrected chi connectivity index (χ3v) is 2.45. The molecule has 19 heavy (non-hydrogen) atoms. The Morgan fingerprint density at radius 1 is 1.37 bits per heavy atom. The van der Waals surface area contributed by atoms with Crippen LogP contribution in [0.5, 0.6) is 0 Å². The summed E-state index contributed by atoms with van der Waals surface area (Å²) in [5.41, 5.74) is 5.04. The maximum atomic E-state index is 12.0. The fourth-order valence-electron chi connectivity index (χ4n) is 1.35. The zero-order valence-electron chi connectivity index (χ0n) is 12.9. The molecule has 0 saturated heterocycles. The second kappa shape index (κ2) is 9.12. The molecule has 1 unspecified atom stereocenters. The van der Waals surface area contributed by atoms with E-state index in [4.69, 9.17) is 15.2 Å². The van der Waals surface area contributed by atoms with E-state index < -0.39 is 5.60 Å². The van der Waals surface area contributed by atoms with Crippen LogP contribution in [0.2, 0.25) is 0 Å². The predicted octanol–water partition coefficient (Wildman–Crippen LogP) is 0.807. The standard InChI is InChI=1S/C13H29N3O3/c1-11(10-14)15-6-7-16(8-9-18-5)12(17)19-13(2,3)4/h11,15H,6-10,14H2,1-5H3. The summed E-state index contributed by atoms with van der Waals surface area (Å²) in [6, 6.07) is 0.239. The highest BCUT2D eigenvalue weighted by atomic mass is 16.6. The van der Waals surface area contributed by atoms with Gasteiger partial charge in [-0.05, 0) is 27.7 Å². The van der Waals surface area contributed by atoms with Crippen molar-refractivity contribution in [1.82, 2.24) is 10.2 Å². The topological polar surface area (TPSA) is 76.8 Å². The van der Waals surface area contributed by atoms with E-state index in [1.807, 2.05) is 27.7 Å². The molecule has 0 fully saturated rings. The van der Waals surface area contributed by atoms with E-state index in [0.29, 0.717) is 32.8 Å². The molecule has 0 aromatic rings. The molecule has 0 aromatic carbocycles. The first-order valence-electron chi connectivity index (χ1n) is 6.70. The van der Waals surface area contributed by atoms with Gasteiger partial charge in [0.1, 0.15) is 5.60 Å². The van der Waals surface area contributed by atoms with E-state index in [0.717, 1.165) is 0 Å². The molecule has 0 spiro atoms. The summed E-state index contributed by atoms with van der Waals surface area (Å²) in [4.78, 5) is 13.6. The molecule has 0 rings (SSSR count). The summed E-state index contributed by atoms with van der Waals surface area (Å²) in [7, 11) is 1.61. The summed E-state index contributed by atoms with van der Waals surface area (Å²) in [6.07, 6.45) is -0.313. The first-order valence-corrected chi connectivity index (χ1v) is 6.70. The number of methoxy groups -OCH3 is 1. The van der Waals surface area contributed by atoms with Gasteiger partial charge >= 0.3 is 6.09 Å². The SMILES string of the molecule is COCCN(CCNC(C)CN)C(=O)OC(C)(C)C. The van der Waals surface area contributed by atoms with Gasteiger partial charge in [0.15, 0.2) is 0 Å². The minimum atomic E-state index is -0.486. The van der Waals surface area contributed by atoms with Crippen molar-refractivity contribution in [3.63, 3.8) is 0 Å². The highest BCUT2D eigenvalue weighted by Gasteiger charge is 2.21. The highest BCUT2D eigenvalue weighted by Crippen LogP contribution is 2.09. The second-order valence-corrected chi connectivity index (χ2v) is 5.55. The van der Waals surface area contributed by atoms with Crippen molar-refractivity contribution < 1.29 is 14.3 Å². The smallest absolute Gasteiger partial charge is 0.410 e. The second-order valence-electron chi connectivity index (χ2n) is 5.55. The van der Waals surface area contributed by atoms with Crippen molar-refractivity contribution >= 4 is 6.09 Å². The zero-order valence-corrected chi connectivity index (χ0v) is 12.9. The van der Waals surface area contributed by atoms with Crippen LogP contribution >= 0.6 is 0 Å². The number of rotatable bonds is 8. The summed E-state index contributed by atoms with van der Waals surface area (Å²) >= 11 is 0. The van der Waals surface area contributed by atoms with Crippen LogP contribution in [-0.2, 0) is 9.47 Å². The van der Waals surface area contributed by atoms with Gasteiger partial charge in [-0.15, -0.1) is 0 Å². The van der Waals surface area contributed by atoms with Gasteiger partial charge in [0, 0.05) is 39.3 Å². The van der Waals surface area contributed by atoms with Crippen LogP contribution in [0.1, 0.15) is 27.7 Å². The molecule has 0 saturated carbocycles. The van der Waals surface area contributed by atoms with E-state index in [-0.39, 0.29) is 12.1 Å². The van der Waals surface area contributed by atoms with E-state index in [1.54, 1.807) is 12.0 Å². The minimum Gasteiger partial charge on any atom is -0.444 e. The van der Waals surface area contributed by atoms with Crippen LogP contribution in [0.4, 0.5) is 4.79 Å². The lowest BCUT2D eigenvalue weighted by Gasteiger charge is -2.27. The van der Waals surface area contributed by atoms with Crippen molar-refractivity contribution in [2.75, 3.05) is 39.9 Å². The molecule has 0 bridgehead atoms. The third kappa shape index (κ3) is 9.69. The van der Waals surface area contributed by atoms with E-state index >= 15 is 0 Å². The maximum absolute atomic E-state index is 12.0. The fraction of sp³-hybridized carbons (Fsp3) is 0.923. The summed E-state index contributed by atoms with van der Waals surface area (Å²) in [5.74, 6) is 0. The monoisotopic (exact) mass is 275 g/mol. The zero-order chi connectivity index (χ0) is 14.9. The molecular formula is C13H29N3O3. The van der Waals surface area contributed by atoms with Crippen molar-refractivity contribution in [1.29, 1.82) is 0 Å². The van der Waals surface area contributed by atoms with Gasteiger partial charge in [0.2, 0.25) is 0 Å². The molecule has 0 radical (unpaired) electrons. The van der Waals surface area contributed by atoms with Gasteiger partial charge in [0.05, 0.1) is 6.61 Å². The van der Waals surface area contributed by atoms with Crippen LogP contribution < -0.4 is 11.1 Å². The Kier molecular flexibility index (Phi) is 8.71. The number of amides is 1. The van der Waals surface area contributed by atoms with Crippen molar-refractivity contribution in [2.24, 2.45) is 5.73 Å². The number of carbonyl (C=O) groups is 1. The first kappa shape index (κ1) is 18.1. The lowest BCUT2D eigenvalue weighted by Crippen LogP contribution is -2.44. The Labute approximate surface area is 116 Å². The lowest BCUT2D eigenvalue weighted by atomic mass is 10.2. The Morgan fingerprint density at radius 3 is 2.47 bits per heavy atom. The molecule has 0 aliphatic heterocycles. The number of carbonyl (C=O) groups excluding carboxylic acids is 1. The molecular weight excluding hydrogens is 246 g/mol. The Morgan fingerprint density at radius 2 is 2.00 bits per heavy atom. The molecule has 114 valence electrons. The first-order chi connectivity index (χ1) is 8.80. The molecule has 0 heterocycles. The molecule has 6 nitrogen and oxygen atoms in total. The van der Waals surface area contributed by atoms with Crippen LogP contribution in [0.25, 0.3) is 0 Å². The number of nitrogens with one attached hydrogen (secondary N) is 1. The molecule has 0 aliphatic carbocycles. The van der Waals surface area contributed by atoms with E-state index in [1.165, 1.54) is 0 Å². The molecule has 3 N–H and O–H groups in total. The average Bonchev–Trinajstić information content (AvgIpc) is 2.30. The van der Waals surface area contributed by atoms with Crippen molar-refractivity contribution in [3.8, 4) is 0 Å². The van der Waals surface area contributed by atoms with Gasteiger partial charge in [-0.25, -0.2) is 4.79 Å². The normalized spacial score (nSPS) is 13.2. The van der Waals surface area contributed by atoms with Gasteiger partial charge < -0.3 is 25.4 Å². The van der Waals surface area contributed by atoms with Gasteiger partial charge in [-0.3, -0.25) is 0 Å². The van der Waals surface area contributed by atoms with Gasteiger partial charge in [-0.2, -0.15) is 0 Å². The Bertz CT molecular complexity index is 254. The Hall–Kier alpha value is -0.850. The predicted molar refractivity (Wildman–Crippen MR) is 76.2 cm³/mol. The third-order valence-electron chi connectivity index (χ3n) is 2.45. The van der Waals surface area contributed by atoms with Crippen LogP contribution in [-0.4, -0.2) is 62.5 Å². The average molecular weight is 275 g/mol. The van der Waals surface area contributed by atoms with Crippen LogP contribution in [0, 0.1) is 0 Å². The largest absolute Gasteiger partial charge is 0.444 e. The lowest BCUT2D eigenvalue weighted by molar-refractivity contribution is 0.0203. The molecule has 0 aliphatic rings. The molecule has 0 aromatic heterocycles. The summed E-state index contributed by atoms with van der Waals surface area (Å²) in [5, 5.41) is 3.24. The molecule has 1 amide bonds. The number of ether oxygens (including phenoxy) is 2. The van der Waals surface area contributed by atoms with Crippen molar-refractivity contribution in [2.45, 2.75) is 39.3 Å². The van der Waals surface area contributed by atoms with Crippen LogP contribution in [0.3, 0.4) is 0 Å².